The molecular weight excluding hydrogens is 687 g/mol. The number of phosphoric acid groups is 3. The normalized spacial score (nSPS) is 21.4. The maximum atomic E-state index is 12.4. The van der Waals surface area contributed by atoms with E-state index in [-0.39, 0.29) is 18.2 Å². The topological polar surface area (TPSA) is 276 Å². The van der Waals surface area contributed by atoms with Gasteiger partial charge < -0.3 is 49.0 Å². The SMILES string of the molecule is COc1cc(OC)c(CSCOC2C[C@H](n3cnc4c(N)ncnc43)O[C@@H]2COP(=O)(O)OP(=O)(O)OP(=O)(O)O)c(OC)c1. The van der Waals surface area contributed by atoms with Crippen LogP contribution in [0.5, 0.6) is 17.2 Å². The lowest BCUT2D eigenvalue weighted by Gasteiger charge is -2.21. The van der Waals surface area contributed by atoms with Crippen LogP contribution in [0, 0.1) is 0 Å². The minimum absolute atomic E-state index is 0.0879. The molecule has 45 heavy (non-hydrogen) atoms. The van der Waals surface area contributed by atoms with E-state index in [4.69, 9.17) is 43.7 Å². The molecule has 3 aromatic rings. The molecule has 1 saturated heterocycles. The molecule has 6 N–H and O–H groups in total. The number of nitrogens with zero attached hydrogens (tertiary/aromatic N) is 4. The van der Waals surface area contributed by atoms with E-state index < -0.39 is 48.5 Å². The van der Waals surface area contributed by atoms with Gasteiger partial charge in [-0.3, -0.25) is 9.09 Å². The lowest BCUT2D eigenvalue weighted by atomic mass is 10.2. The van der Waals surface area contributed by atoms with Gasteiger partial charge in [0, 0.05) is 29.9 Å². The highest BCUT2D eigenvalue weighted by Crippen LogP contribution is 2.66. The van der Waals surface area contributed by atoms with Crippen molar-refractivity contribution in [2.75, 3.05) is 39.6 Å². The second kappa shape index (κ2) is 14.6. The summed E-state index contributed by atoms with van der Waals surface area (Å²) in [5.74, 6) is 2.22. The third kappa shape index (κ3) is 9.36. The summed E-state index contributed by atoms with van der Waals surface area (Å²) in [6.45, 7) is -0.723. The van der Waals surface area contributed by atoms with Crippen LogP contribution in [0.15, 0.2) is 24.8 Å². The average Bonchev–Trinajstić information content (AvgIpc) is 3.56. The molecule has 24 heteroatoms. The zero-order valence-electron chi connectivity index (χ0n) is 23.8. The number of hydrogen-bond donors (Lipinski definition) is 5. The van der Waals surface area contributed by atoms with Gasteiger partial charge in [-0.15, -0.1) is 11.8 Å². The molecule has 0 bridgehead atoms. The summed E-state index contributed by atoms with van der Waals surface area (Å²) in [5, 5.41) is 0. The molecule has 1 fully saturated rings. The van der Waals surface area contributed by atoms with Crippen molar-refractivity contribution in [3.05, 3.63) is 30.4 Å². The molecule has 1 aromatic carbocycles. The highest BCUT2D eigenvalue weighted by Gasteiger charge is 2.43. The quantitative estimate of drug-likeness (QED) is 0.0807. The van der Waals surface area contributed by atoms with E-state index in [2.05, 4.69) is 23.6 Å². The summed E-state index contributed by atoms with van der Waals surface area (Å²) in [6, 6.07) is 3.42. The third-order valence-corrected chi connectivity index (χ3v) is 10.7. The third-order valence-electron chi connectivity index (χ3n) is 6.12. The Hall–Kier alpha value is -2.35. The van der Waals surface area contributed by atoms with Crippen LogP contribution >= 0.6 is 35.2 Å². The van der Waals surface area contributed by atoms with Gasteiger partial charge in [0.25, 0.3) is 0 Å². The molecule has 3 unspecified atom stereocenters. The van der Waals surface area contributed by atoms with E-state index in [1.54, 1.807) is 16.7 Å². The predicted molar refractivity (Wildman–Crippen MR) is 155 cm³/mol. The van der Waals surface area contributed by atoms with Gasteiger partial charge in [0.2, 0.25) is 0 Å². The van der Waals surface area contributed by atoms with E-state index in [1.165, 1.54) is 45.7 Å². The predicted octanol–water partition coefficient (Wildman–Crippen LogP) is 2.34. The number of fused-ring (bicyclic) bond motifs is 1. The highest BCUT2D eigenvalue weighted by atomic mass is 32.2. The molecule has 2 aromatic heterocycles. The number of imidazole rings is 1. The number of thioether (sulfide) groups is 1. The van der Waals surface area contributed by atoms with Gasteiger partial charge in [-0.2, -0.15) is 8.62 Å². The van der Waals surface area contributed by atoms with Crippen molar-refractivity contribution >= 4 is 52.2 Å². The molecule has 4 rings (SSSR count). The molecule has 3 heterocycles. The summed E-state index contributed by atoms with van der Waals surface area (Å²) in [4.78, 5) is 49.2. The van der Waals surface area contributed by atoms with Gasteiger partial charge in [-0.1, -0.05) is 0 Å². The molecule has 20 nitrogen and oxygen atoms in total. The molecule has 0 radical (unpaired) electrons. The first-order valence-corrected chi connectivity index (χ1v) is 18.2. The molecular formula is C21H30N5O15P3S. The summed E-state index contributed by atoms with van der Waals surface area (Å²) >= 11 is 1.34. The van der Waals surface area contributed by atoms with Crippen molar-refractivity contribution in [3.63, 3.8) is 0 Å². The Morgan fingerprint density at radius 2 is 1.69 bits per heavy atom. The zero-order chi connectivity index (χ0) is 33.0. The van der Waals surface area contributed by atoms with Gasteiger partial charge >= 0.3 is 23.5 Å². The number of phosphoric ester groups is 1. The van der Waals surface area contributed by atoms with Crippen LogP contribution in [0.2, 0.25) is 0 Å². The van der Waals surface area contributed by atoms with Crippen LogP contribution in [0.25, 0.3) is 11.2 Å². The highest BCUT2D eigenvalue weighted by molar-refractivity contribution is 7.98. The van der Waals surface area contributed by atoms with E-state index in [0.29, 0.717) is 34.2 Å². The minimum Gasteiger partial charge on any atom is -0.496 e. The lowest BCUT2D eigenvalue weighted by Crippen LogP contribution is -2.29. The van der Waals surface area contributed by atoms with Crippen LogP contribution in [0.1, 0.15) is 18.2 Å². The molecule has 5 atom stereocenters. The van der Waals surface area contributed by atoms with Crippen LogP contribution < -0.4 is 19.9 Å². The molecule has 250 valence electrons. The summed E-state index contributed by atoms with van der Waals surface area (Å²) in [7, 11) is -12.2. The van der Waals surface area contributed by atoms with E-state index in [9.17, 15) is 23.5 Å². The van der Waals surface area contributed by atoms with Crippen molar-refractivity contribution in [3.8, 4) is 17.2 Å². The smallest absolute Gasteiger partial charge is 0.490 e. The van der Waals surface area contributed by atoms with E-state index in [0.717, 1.165) is 5.56 Å². The number of rotatable bonds is 16. The number of methoxy groups -OCH3 is 3. The number of anilines is 1. The number of benzene rings is 1. The second-order valence-electron chi connectivity index (χ2n) is 9.02. The number of hydrogen-bond acceptors (Lipinski definition) is 16. The van der Waals surface area contributed by atoms with Gasteiger partial charge in [0.05, 0.1) is 46.3 Å². The standard InChI is InChI=1S/C21H30N5O15P3S/c1-34-12-4-14(35-2)13(15(5-12)36-3)8-45-11-37-16-6-18(26-10-25-19-20(22)23-9-24-21(19)26)39-17(16)7-38-43(30,31)41-44(32,33)40-42(27,28)29/h4-5,9-10,16-18H,6-8,11H2,1-3H3,(H,30,31)(H,32,33)(H2,22,23,24)(H2,27,28,29)/t16?,17-,18-/m1/s1. The Morgan fingerprint density at radius 3 is 2.31 bits per heavy atom. The Labute approximate surface area is 259 Å². The molecule has 0 saturated carbocycles. The second-order valence-corrected chi connectivity index (χ2v) is 14.4. The number of nitrogen functional groups attached to an aromatic ring is 1. The van der Waals surface area contributed by atoms with Crippen LogP contribution in [0.4, 0.5) is 5.82 Å². The number of nitrogens with two attached hydrogens (primary N) is 1. The van der Waals surface area contributed by atoms with Gasteiger partial charge in [0.15, 0.2) is 11.5 Å². The average molecular weight is 717 g/mol. The number of ether oxygens (including phenoxy) is 5. The first kappa shape index (κ1) is 35.5. The Kier molecular flexibility index (Phi) is 11.5. The van der Waals surface area contributed by atoms with Crippen molar-refractivity contribution in [1.82, 2.24) is 19.5 Å². The lowest BCUT2D eigenvalue weighted by molar-refractivity contribution is -0.0523. The van der Waals surface area contributed by atoms with Gasteiger partial charge in [0.1, 0.15) is 41.4 Å². The summed E-state index contributed by atoms with van der Waals surface area (Å²) < 4.78 is 77.2. The summed E-state index contributed by atoms with van der Waals surface area (Å²) in [6.07, 6.45) is 0.183. The monoisotopic (exact) mass is 717 g/mol. The fourth-order valence-corrected chi connectivity index (χ4v) is 8.12. The van der Waals surface area contributed by atoms with Crippen molar-refractivity contribution in [1.29, 1.82) is 0 Å². The van der Waals surface area contributed by atoms with Crippen molar-refractivity contribution < 1.29 is 70.1 Å². The molecule has 0 amide bonds. The molecule has 0 aliphatic carbocycles. The van der Waals surface area contributed by atoms with Crippen molar-refractivity contribution in [2.45, 2.75) is 30.6 Å². The largest absolute Gasteiger partial charge is 0.496 e. The molecule has 1 aliphatic heterocycles. The Balaban J connectivity index is 1.47. The fraction of sp³-hybridized carbons (Fsp3) is 0.476. The van der Waals surface area contributed by atoms with Crippen LogP contribution in [-0.2, 0) is 42.1 Å². The van der Waals surface area contributed by atoms with Crippen molar-refractivity contribution in [2.24, 2.45) is 0 Å². The molecule has 1 aliphatic rings. The van der Waals surface area contributed by atoms with Crippen LogP contribution in [0.3, 0.4) is 0 Å². The summed E-state index contributed by atoms with van der Waals surface area (Å²) in [5.41, 5.74) is 7.27. The van der Waals surface area contributed by atoms with Gasteiger partial charge in [-0.05, 0) is 0 Å². The Bertz CT molecular complexity index is 1620. The first-order valence-electron chi connectivity index (χ1n) is 12.5. The van der Waals surface area contributed by atoms with E-state index in [1.807, 2.05) is 0 Å². The maximum absolute atomic E-state index is 12.4. The zero-order valence-corrected chi connectivity index (χ0v) is 27.3. The fourth-order valence-electron chi connectivity index (χ4n) is 4.25. The number of aromatic nitrogens is 4. The minimum atomic E-state index is -5.71. The Morgan fingerprint density at radius 1 is 1.00 bits per heavy atom. The van der Waals surface area contributed by atoms with Crippen LogP contribution in [-0.4, -0.2) is 85.2 Å². The van der Waals surface area contributed by atoms with Gasteiger partial charge in [-0.25, -0.2) is 28.6 Å². The molecule has 0 spiro atoms. The first-order chi connectivity index (χ1) is 21.1. The van der Waals surface area contributed by atoms with E-state index >= 15 is 0 Å². The maximum Gasteiger partial charge on any atom is 0.490 e.